The topological polar surface area (TPSA) is 44.5 Å². The molecule has 3 nitrogen and oxygen atoms in total. The number of rotatable bonds is 3. The Labute approximate surface area is 96.1 Å². The van der Waals surface area contributed by atoms with Crippen LogP contribution >= 0.6 is 11.8 Å². The summed E-state index contributed by atoms with van der Waals surface area (Å²) in [7, 11) is 0. The van der Waals surface area contributed by atoms with Gasteiger partial charge in [-0.3, -0.25) is 0 Å². The van der Waals surface area contributed by atoms with Gasteiger partial charge in [-0.15, -0.1) is 0 Å². The van der Waals surface area contributed by atoms with E-state index in [1.54, 1.807) is 0 Å². The second-order valence-corrected chi connectivity index (χ2v) is 5.59. The van der Waals surface area contributed by atoms with Crippen LogP contribution in [-0.2, 0) is 9.47 Å². The molecule has 2 fully saturated rings. The first-order valence-electron chi connectivity index (χ1n) is 5.89. The molecule has 0 aliphatic carbocycles. The average Bonchev–Trinajstić information content (AvgIpc) is 2.31. The van der Waals surface area contributed by atoms with Gasteiger partial charge in [0.05, 0.1) is 12.7 Å². The molecule has 0 aromatic rings. The predicted molar refractivity (Wildman–Crippen MR) is 63.2 cm³/mol. The third-order valence-corrected chi connectivity index (χ3v) is 4.29. The molecular weight excluding hydrogens is 210 g/mol. The Bertz CT molecular complexity index is 179. The molecular formula is C11H21NO2S. The summed E-state index contributed by atoms with van der Waals surface area (Å²) in [6, 6.07) is 0.223. The summed E-state index contributed by atoms with van der Waals surface area (Å²) in [6.45, 7) is 2.70. The molecule has 0 amide bonds. The molecule has 2 unspecified atom stereocenters. The van der Waals surface area contributed by atoms with E-state index in [0.29, 0.717) is 0 Å². The first kappa shape index (κ1) is 11.7. The summed E-state index contributed by atoms with van der Waals surface area (Å²) in [6.07, 6.45) is 3.74. The van der Waals surface area contributed by atoms with Crippen LogP contribution in [0.15, 0.2) is 0 Å². The first-order valence-corrected chi connectivity index (χ1v) is 7.04. The van der Waals surface area contributed by atoms with Crippen LogP contribution in [0.1, 0.15) is 19.3 Å². The van der Waals surface area contributed by atoms with E-state index in [1.165, 1.54) is 12.8 Å². The highest BCUT2D eigenvalue weighted by Crippen LogP contribution is 2.23. The molecule has 2 atom stereocenters. The van der Waals surface area contributed by atoms with Crippen molar-refractivity contribution in [1.82, 2.24) is 0 Å². The highest BCUT2D eigenvalue weighted by atomic mass is 32.2. The molecule has 2 saturated heterocycles. The molecule has 0 spiro atoms. The van der Waals surface area contributed by atoms with E-state index in [1.807, 2.05) is 11.8 Å². The van der Waals surface area contributed by atoms with Crippen molar-refractivity contribution in [2.75, 3.05) is 31.3 Å². The summed E-state index contributed by atoms with van der Waals surface area (Å²) in [4.78, 5) is 0. The minimum absolute atomic E-state index is 0.223. The number of thioether (sulfide) groups is 1. The van der Waals surface area contributed by atoms with Crippen LogP contribution in [0.3, 0.4) is 0 Å². The maximum absolute atomic E-state index is 6.20. The highest BCUT2D eigenvalue weighted by molar-refractivity contribution is 7.99. The van der Waals surface area contributed by atoms with E-state index < -0.39 is 0 Å². The van der Waals surface area contributed by atoms with Crippen LogP contribution in [0, 0.1) is 5.92 Å². The molecule has 0 bridgehead atoms. The monoisotopic (exact) mass is 231 g/mol. The van der Waals surface area contributed by atoms with Gasteiger partial charge < -0.3 is 15.2 Å². The van der Waals surface area contributed by atoms with Crippen molar-refractivity contribution in [2.45, 2.75) is 31.4 Å². The van der Waals surface area contributed by atoms with E-state index in [9.17, 15) is 0 Å². The minimum atomic E-state index is 0.223. The van der Waals surface area contributed by atoms with Gasteiger partial charge in [0.15, 0.2) is 0 Å². The van der Waals surface area contributed by atoms with Crippen molar-refractivity contribution >= 4 is 11.8 Å². The molecule has 0 saturated carbocycles. The number of hydrogen-bond donors (Lipinski definition) is 1. The second kappa shape index (κ2) is 6.09. The normalized spacial score (nSPS) is 31.4. The van der Waals surface area contributed by atoms with Crippen LogP contribution < -0.4 is 5.73 Å². The lowest BCUT2D eigenvalue weighted by Gasteiger charge is -2.31. The summed E-state index contributed by atoms with van der Waals surface area (Å²) < 4.78 is 11.1. The molecule has 2 N–H and O–H groups in total. The van der Waals surface area contributed by atoms with Crippen molar-refractivity contribution in [1.29, 1.82) is 0 Å². The second-order valence-electron chi connectivity index (χ2n) is 4.44. The number of nitrogens with two attached hydrogens (primary N) is 1. The highest BCUT2D eigenvalue weighted by Gasteiger charge is 2.25. The zero-order valence-corrected chi connectivity index (χ0v) is 10.0. The fourth-order valence-corrected chi connectivity index (χ4v) is 3.23. The Morgan fingerprint density at radius 2 is 2.07 bits per heavy atom. The van der Waals surface area contributed by atoms with E-state index in [-0.39, 0.29) is 12.1 Å². The van der Waals surface area contributed by atoms with Gasteiger partial charge in [-0.2, -0.15) is 11.8 Å². The molecule has 2 aliphatic heterocycles. The Morgan fingerprint density at radius 1 is 1.27 bits per heavy atom. The molecule has 0 aromatic carbocycles. The Hall–Kier alpha value is 0.230. The molecule has 2 rings (SSSR count). The van der Waals surface area contributed by atoms with Gasteiger partial charge in [0.1, 0.15) is 0 Å². The lowest BCUT2D eigenvalue weighted by molar-refractivity contribution is 0.0314. The SMILES string of the molecule is NC(CC1CCOCC1)C1CSCCO1. The van der Waals surface area contributed by atoms with Crippen LogP contribution in [0.25, 0.3) is 0 Å². The molecule has 0 aromatic heterocycles. The molecule has 15 heavy (non-hydrogen) atoms. The van der Waals surface area contributed by atoms with E-state index in [2.05, 4.69) is 0 Å². The van der Waals surface area contributed by atoms with Crippen molar-refractivity contribution in [3.63, 3.8) is 0 Å². The van der Waals surface area contributed by atoms with E-state index in [4.69, 9.17) is 15.2 Å². The summed E-state index contributed by atoms with van der Waals surface area (Å²) in [5.74, 6) is 2.95. The fourth-order valence-electron chi connectivity index (χ4n) is 2.27. The van der Waals surface area contributed by atoms with E-state index in [0.717, 1.165) is 43.7 Å². The third kappa shape index (κ3) is 3.63. The first-order chi connectivity index (χ1) is 7.36. The Morgan fingerprint density at radius 3 is 2.73 bits per heavy atom. The van der Waals surface area contributed by atoms with Crippen LogP contribution in [0.4, 0.5) is 0 Å². The van der Waals surface area contributed by atoms with Gasteiger partial charge in [-0.1, -0.05) is 0 Å². The summed E-state index contributed by atoms with van der Waals surface area (Å²) >= 11 is 1.96. The maximum atomic E-state index is 6.20. The lowest BCUT2D eigenvalue weighted by atomic mass is 9.91. The fraction of sp³-hybridized carbons (Fsp3) is 1.00. The van der Waals surface area contributed by atoms with Gasteiger partial charge in [0.2, 0.25) is 0 Å². The zero-order valence-electron chi connectivity index (χ0n) is 9.19. The van der Waals surface area contributed by atoms with Gasteiger partial charge in [-0.25, -0.2) is 0 Å². The van der Waals surface area contributed by atoms with Crippen molar-refractivity contribution in [2.24, 2.45) is 11.7 Å². The molecule has 0 radical (unpaired) electrons. The van der Waals surface area contributed by atoms with Crippen molar-refractivity contribution in [3.05, 3.63) is 0 Å². The molecule has 2 aliphatic rings. The number of hydrogen-bond acceptors (Lipinski definition) is 4. The van der Waals surface area contributed by atoms with E-state index >= 15 is 0 Å². The largest absolute Gasteiger partial charge is 0.381 e. The van der Waals surface area contributed by atoms with Crippen LogP contribution in [-0.4, -0.2) is 43.5 Å². The zero-order chi connectivity index (χ0) is 10.5. The molecule has 4 heteroatoms. The Kier molecular flexibility index (Phi) is 4.75. The molecule has 2 heterocycles. The summed E-state index contributed by atoms with van der Waals surface area (Å²) in [5.41, 5.74) is 6.20. The standard InChI is InChI=1S/C11H21NO2S/c12-10(11-8-15-6-5-14-11)7-9-1-3-13-4-2-9/h9-11H,1-8,12H2. The minimum Gasteiger partial charge on any atom is -0.381 e. The van der Waals surface area contributed by atoms with Gasteiger partial charge in [0, 0.05) is 30.8 Å². The maximum Gasteiger partial charge on any atom is 0.0816 e. The van der Waals surface area contributed by atoms with Crippen molar-refractivity contribution in [3.8, 4) is 0 Å². The van der Waals surface area contributed by atoms with Crippen LogP contribution in [0.2, 0.25) is 0 Å². The quantitative estimate of drug-likeness (QED) is 0.794. The van der Waals surface area contributed by atoms with Crippen LogP contribution in [0.5, 0.6) is 0 Å². The van der Waals surface area contributed by atoms with Gasteiger partial charge >= 0.3 is 0 Å². The van der Waals surface area contributed by atoms with Crippen molar-refractivity contribution < 1.29 is 9.47 Å². The lowest BCUT2D eigenvalue weighted by Crippen LogP contribution is -2.42. The smallest absolute Gasteiger partial charge is 0.0816 e. The molecule has 88 valence electrons. The third-order valence-electron chi connectivity index (χ3n) is 3.27. The van der Waals surface area contributed by atoms with Gasteiger partial charge in [0.25, 0.3) is 0 Å². The summed E-state index contributed by atoms with van der Waals surface area (Å²) in [5, 5.41) is 0. The average molecular weight is 231 g/mol. The predicted octanol–water partition coefficient (Wildman–Crippen LogP) is 1.26. The number of ether oxygens (including phenoxy) is 2. The van der Waals surface area contributed by atoms with Gasteiger partial charge in [-0.05, 0) is 25.2 Å². The Balaban J connectivity index is 1.72.